The zero-order chi connectivity index (χ0) is 74.9. The number of rotatable bonds is 14. The standard InChI is InChI=1S/C51H46.C49H58.4CH3.2Hf/c1-35(2)33-51(34-36(3)4,49-45-21-13-11-19-43(45)31-47(49)41-27-23-39(24-28-41)37-15-7-5-8-16-37)50-46-22-14-12-20-44(46)32-48(50)42-29-25-40(26-30-42)38-17-9-6-10-18-38;1-31(2)29-49(30-32(3)4,39-25-35-15-13-17-43(45(35)27-39)41-21-19-37(23-33(41)5)47(7,8)9)40-26-36-16-14-18-44(46(36)28-40)42-22-20-38(24-34(42)6)48(10,11)12;;;;;;/h5-32,35-36H,33-34H2,1-4H3;13-28,31-32H,29-30H2,1-12H3;4*1H3;;. The molecule has 4 atom stereocenters. The Balaban J connectivity index is 0.000000170. The van der Waals surface area contributed by atoms with Gasteiger partial charge in [0.05, 0.1) is 0 Å². The molecule has 4 bridgehead atoms. The Kier molecular flexibility index (Phi) is 19.7. The maximum atomic E-state index is 2.81. The zero-order valence-corrected chi connectivity index (χ0v) is 74.7. The van der Waals surface area contributed by atoms with Crippen LogP contribution >= 0.6 is 0 Å². The summed E-state index contributed by atoms with van der Waals surface area (Å²) in [5, 5.41) is 0. The molecular weight excluding hydrogens is 1610 g/mol. The van der Waals surface area contributed by atoms with Crippen molar-refractivity contribution in [3.63, 3.8) is 0 Å². The Bertz CT molecular complexity index is 4830. The summed E-state index contributed by atoms with van der Waals surface area (Å²) in [5.74, 6) is 2.24. The number of hydrogen-bond acceptors (Lipinski definition) is 0. The Morgan fingerprint density at radius 3 is 0.953 bits per heavy atom. The molecule has 4 aliphatic carbocycles. The fraction of sp³-hybridized carbons (Fsp3) is 0.346. The average molecular weight is 1720 g/mol. The molecule has 16 rings (SSSR count). The summed E-state index contributed by atoms with van der Waals surface area (Å²) in [4.78, 5) is 0. The normalized spacial score (nSPS) is 19.6. The van der Waals surface area contributed by atoms with Crippen molar-refractivity contribution >= 4 is 34.4 Å². The van der Waals surface area contributed by atoms with Crippen molar-refractivity contribution in [1.29, 1.82) is 0 Å². The molecule has 0 N–H and O–H groups in total. The van der Waals surface area contributed by atoms with Gasteiger partial charge in [0, 0.05) is 0 Å². The summed E-state index contributed by atoms with van der Waals surface area (Å²) < 4.78 is 13.3. The summed E-state index contributed by atoms with van der Waals surface area (Å²) in [5.41, 5.74) is 42.1. The van der Waals surface area contributed by atoms with E-state index in [0.29, 0.717) is 38.4 Å². The van der Waals surface area contributed by atoms with Gasteiger partial charge in [0.1, 0.15) is 0 Å². The molecule has 0 amide bonds. The van der Waals surface area contributed by atoms with Crippen molar-refractivity contribution in [3.05, 3.63) is 320 Å². The molecule has 2 heteroatoms. The molecule has 2 aliphatic heterocycles. The molecule has 6 aliphatic rings. The minimum absolute atomic E-state index is 0.0516. The van der Waals surface area contributed by atoms with Crippen LogP contribution in [0.4, 0.5) is 0 Å². The fourth-order valence-corrected chi connectivity index (χ4v) is 55.5. The quantitative estimate of drug-likeness (QED) is 0.0952. The Hall–Kier alpha value is -7.10. The van der Waals surface area contributed by atoms with Crippen LogP contribution in [0.15, 0.2) is 242 Å². The summed E-state index contributed by atoms with van der Waals surface area (Å²) in [7, 11) is 0. The summed E-state index contributed by atoms with van der Waals surface area (Å²) >= 11 is -6.76. The Morgan fingerprint density at radius 1 is 0.302 bits per heavy atom. The van der Waals surface area contributed by atoms with Crippen molar-refractivity contribution in [2.24, 2.45) is 34.5 Å². The predicted molar refractivity (Wildman–Crippen MR) is 454 cm³/mol. The maximum absolute atomic E-state index is 3.53. The average Bonchev–Trinajstić information content (AvgIpc) is 1.52. The van der Waals surface area contributed by atoms with Gasteiger partial charge in [-0.3, -0.25) is 0 Å². The first-order valence-electron chi connectivity index (χ1n) is 40.4. The van der Waals surface area contributed by atoms with Crippen molar-refractivity contribution in [3.8, 4) is 44.5 Å². The first-order chi connectivity index (χ1) is 50.4. The summed E-state index contributed by atoms with van der Waals surface area (Å²) in [6.07, 6.45) is 10.2. The Labute approximate surface area is 647 Å². The van der Waals surface area contributed by atoms with E-state index in [4.69, 9.17) is 0 Å². The third-order valence-corrected chi connectivity index (χ3v) is 55.9. The molecule has 0 radical (unpaired) electrons. The molecule has 0 nitrogen and oxygen atoms in total. The van der Waals surface area contributed by atoms with Crippen molar-refractivity contribution in [2.45, 2.75) is 181 Å². The number of allylic oxidation sites excluding steroid dienone is 6. The molecule has 1 fully saturated rings. The number of fused-ring (bicyclic) bond motifs is 14. The van der Waals surface area contributed by atoms with Gasteiger partial charge in [0.15, 0.2) is 0 Å². The van der Waals surface area contributed by atoms with Crippen LogP contribution < -0.4 is 0 Å². The van der Waals surface area contributed by atoms with E-state index in [1.54, 1.807) is 55.7 Å². The number of hydrogen-bond donors (Lipinski definition) is 0. The van der Waals surface area contributed by atoms with Crippen LogP contribution in [-0.4, -0.2) is 0 Å². The van der Waals surface area contributed by atoms with Gasteiger partial charge in [-0.15, -0.1) is 0 Å². The first kappa shape index (κ1) is 74.4. The van der Waals surface area contributed by atoms with Gasteiger partial charge in [0.2, 0.25) is 0 Å². The van der Waals surface area contributed by atoms with Crippen LogP contribution in [0.3, 0.4) is 0 Å². The molecule has 106 heavy (non-hydrogen) atoms. The SMILES string of the molecule is CC(C)CC1(CC(C)C)C2=C(c3ccc(-c4ccccc4)cc3)[CH](c3ccccc32)[Hf]([CH3])([CH3])[CH]2C(c3ccc(-c4ccccc4)cc3)=C1c1ccccc12.Cc1cc(C(C)(C)C)ccc1-c1cccc2c1C=C1[CH]2[Hf]([CH3])([CH3])[CH]2C(=Cc3c(-c4ccc(C(C)(C)C)cc4C)cccc32)C1(CC(C)C)CC(C)C. The van der Waals surface area contributed by atoms with E-state index in [9.17, 15) is 0 Å². The van der Waals surface area contributed by atoms with Crippen molar-refractivity contribution < 1.29 is 39.9 Å². The van der Waals surface area contributed by atoms with Gasteiger partial charge >= 0.3 is 654 Å². The third kappa shape index (κ3) is 12.7. The second-order valence-corrected chi connectivity index (χ2v) is 72.4. The van der Waals surface area contributed by atoms with E-state index >= 15 is 0 Å². The first-order valence-corrected chi connectivity index (χ1v) is 63.0. The van der Waals surface area contributed by atoms with Crippen LogP contribution in [0.1, 0.15) is 215 Å². The Morgan fingerprint density at radius 2 is 0.604 bits per heavy atom. The molecule has 4 unspecified atom stereocenters. The van der Waals surface area contributed by atoms with E-state index in [1.165, 1.54) is 113 Å². The van der Waals surface area contributed by atoms with Gasteiger partial charge in [-0.05, 0) is 0 Å². The molecule has 0 aromatic heterocycles. The summed E-state index contributed by atoms with van der Waals surface area (Å²) in [6.45, 7) is 38.3. The van der Waals surface area contributed by atoms with Crippen molar-refractivity contribution in [1.82, 2.24) is 0 Å². The molecule has 10 aromatic carbocycles. The van der Waals surface area contributed by atoms with E-state index in [-0.39, 0.29) is 21.7 Å². The molecule has 2 heterocycles. The van der Waals surface area contributed by atoms with Crippen molar-refractivity contribution in [2.75, 3.05) is 0 Å². The van der Waals surface area contributed by atoms with Crippen LogP contribution in [0.2, 0.25) is 18.7 Å². The molecule has 10 aromatic rings. The van der Waals surface area contributed by atoms with Gasteiger partial charge in [-0.1, -0.05) is 0 Å². The van der Waals surface area contributed by atoms with Crippen LogP contribution in [0.25, 0.3) is 79.0 Å². The number of benzene rings is 10. The monoisotopic (exact) mass is 1720 g/mol. The van der Waals surface area contributed by atoms with Gasteiger partial charge in [-0.25, -0.2) is 0 Å². The van der Waals surface area contributed by atoms with E-state index in [2.05, 4.69) is 372 Å². The van der Waals surface area contributed by atoms with Gasteiger partial charge < -0.3 is 0 Å². The van der Waals surface area contributed by atoms with E-state index < -0.39 is 39.9 Å². The topological polar surface area (TPSA) is 0 Å². The molecule has 0 spiro atoms. The molecule has 540 valence electrons. The van der Waals surface area contributed by atoms with Crippen LogP contribution in [0.5, 0.6) is 0 Å². The van der Waals surface area contributed by atoms with E-state index in [1.807, 2.05) is 0 Å². The van der Waals surface area contributed by atoms with Crippen LogP contribution in [-0.2, 0) is 50.8 Å². The van der Waals surface area contributed by atoms with E-state index in [0.717, 1.165) is 12.8 Å². The predicted octanol–water partition coefficient (Wildman–Crippen LogP) is 30.1. The van der Waals surface area contributed by atoms with Crippen LogP contribution in [0, 0.1) is 48.3 Å². The molecular formula is C104H116Hf2. The minimum atomic E-state index is -3.53. The summed E-state index contributed by atoms with van der Waals surface area (Å²) in [6, 6.07) is 89.7. The van der Waals surface area contributed by atoms with Gasteiger partial charge in [0.25, 0.3) is 0 Å². The van der Waals surface area contributed by atoms with Gasteiger partial charge in [-0.2, -0.15) is 0 Å². The zero-order valence-electron chi connectivity index (χ0n) is 67.5. The third-order valence-electron chi connectivity index (χ3n) is 25.8. The fourth-order valence-electron chi connectivity index (χ4n) is 22.0. The molecule has 1 saturated heterocycles. The number of aryl methyl sites for hydroxylation is 2. The molecule has 0 saturated carbocycles. The second kappa shape index (κ2) is 28.1. The second-order valence-electron chi connectivity index (χ2n) is 37.9.